The summed E-state index contributed by atoms with van der Waals surface area (Å²) < 4.78 is 5.92. The number of benzene rings is 2. The molecule has 1 amide bonds. The molecule has 1 atom stereocenters. The van der Waals surface area contributed by atoms with Crippen LogP contribution in [0.1, 0.15) is 34.3 Å². The lowest BCUT2D eigenvalue weighted by atomic mass is 9.86. The number of aromatic carboxylic acids is 1. The second-order valence-corrected chi connectivity index (χ2v) is 7.78. The van der Waals surface area contributed by atoms with Gasteiger partial charge in [0.25, 0.3) is 0 Å². The van der Waals surface area contributed by atoms with E-state index in [9.17, 15) is 14.9 Å². The molecule has 0 radical (unpaired) electrons. The number of hydrogen-bond acceptors (Lipinski definition) is 5. The Morgan fingerprint density at radius 1 is 1.13 bits per heavy atom. The van der Waals surface area contributed by atoms with Crippen molar-refractivity contribution in [1.82, 2.24) is 4.90 Å². The minimum absolute atomic E-state index is 0.147. The highest BCUT2D eigenvalue weighted by atomic mass is 16.6. The summed E-state index contributed by atoms with van der Waals surface area (Å²) in [7, 11) is 0. The second-order valence-electron chi connectivity index (χ2n) is 7.78. The highest BCUT2D eigenvalue weighted by Crippen LogP contribution is 2.31. The van der Waals surface area contributed by atoms with Crippen molar-refractivity contribution in [3.05, 3.63) is 65.2 Å². The van der Waals surface area contributed by atoms with Crippen molar-refractivity contribution in [2.75, 3.05) is 24.5 Å². The van der Waals surface area contributed by atoms with Gasteiger partial charge in [0.1, 0.15) is 12.2 Å². The van der Waals surface area contributed by atoms with Gasteiger partial charge in [-0.05, 0) is 61.7 Å². The quantitative estimate of drug-likeness (QED) is 0.818. The number of amides is 1. The van der Waals surface area contributed by atoms with Crippen molar-refractivity contribution in [1.29, 1.82) is 5.26 Å². The van der Waals surface area contributed by atoms with Crippen LogP contribution in [0, 0.1) is 17.2 Å². The maximum Gasteiger partial charge on any atom is 0.414 e. The number of fused-ring (bicyclic) bond motifs is 3. The van der Waals surface area contributed by atoms with Crippen LogP contribution in [0.15, 0.2) is 48.5 Å². The number of nitrogens with zero attached hydrogens (tertiary/aromatic N) is 3. The molecule has 7 nitrogen and oxygen atoms in total. The zero-order valence-electron chi connectivity index (χ0n) is 16.5. The monoisotopic (exact) mass is 405 g/mol. The van der Waals surface area contributed by atoms with E-state index in [-0.39, 0.29) is 18.2 Å². The maximum absolute atomic E-state index is 13.2. The third-order valence-corrected chi connectivity index (χ3v) is 5.93. The summed E-state index contributed by atoms with van der Waals surface area (Å²) in [5, 5.41) is 18.6. The fraction of sp³-hybridized carbons (Fsp3) is 0.348. The predicted molar refractivity (Wildman–Crippen MR) is 110 cm³/mol. The van der Waals surface area contributed by atoms with Crippen LogP contribution in [0.5, 0.6) is 0 Å². The molecule has 1 N–H and O–H groups in total. The third kappa shape index (κ3) is 4.14. The number of hydrogen-bond donors (Lipinski definition) is 1. The number of carboxylic acid groups (broad SMARTS) is 1. The Morgan fingerprint density at radius 2 is 1.83 bits per heavy atom. The van der Waals surface area contributed by atoms with E-state index in [0.717, 1.165) is 38.0 Å². The smallest absolute Gasteiger partial charge is 0.414 e. The van der Waals surface area contributed by atoms with E-state index < -0.39 is 12.1 Å². The molecule has 3 saturated heterocycles. The Labute approximate surface area is 175 Å². The first-order valence-electron chi connectivity index (χ1n) is 10.1. The van der Waals surface area contributed by atoms with E-state index in [4.69, 9.17) is 9.84 Å². The highest BCUT2D eigenvalue weighted by molar-refractivity contribution is 5.90. The minimum atomic E-state index is -1.00. The molecular weight excluding hydrogens is 382 g/mol. The first kappa shape index (κ1) is 19.9. The second kappa shape index (κ2) is 8.56. The maximum atomic E-state index is 13.2. The fourth-order valence-corrected chi connectivity index (χ4v) is 4.22. The van der Waals surface area contributed by atoms with Crippen LogP contribution in [0.3, 0.4) is 0 Å². The number of ether oxygens (including phenoxy) is 1. The lowest BCUT2D eigenvalue weighted by Crippen LogP contribution is -2.53. The van der Waals surface area contributed by atoms with Gasteiger partial charge in [0, 0.05) is 6.54 Å². The number of carbonyl (C=O) groups is 2. The number of rotatable bonds is 5. The zero-order valence-corrected chi connectivity index (χ0v) is 16.5. The van der Waals surface area contributed by atoms with Crippen LogP contribution >= 0.6 is 0 Å². The number of nitriles is 1. The molecule has 3 fully saturated rings. The molecule has 2 aromatic carbocycles. The van der Waals surface area contributed by atoms with Gasteiger partial charge in [-0.1, -0.05) is 24.3 Å². The Balaban J connectivity index is 1.59. The Morgan fingerprint density at radius 3 is 2.43 bits per heavy atom. The first-order valence-corrected chi connectivity index (χ1v) is 10.1. The summed E-state index contributed by atoms with van der Waals surface area (Å²) in [6.07, 6.45) is 1.43. The summed E-state index contributed by atoms with van der Waals surface area (Å²) in [5.41, 5.74) is 1.79. The van der Waals surface area contributed by atoms with E-state index in [1.54, 1.807) is 36.4 Å². The Bertz CT molecular complexity index is 975. The molecule has 7 heteroatoms. The molecule has 0 aromatic heterocycles. The van der Waals surface area contributed by atoms with Crippen molar-refractivity contribution in [2.24, 2.45) is 5.92 Å². The Kier molecular flexibility index (Phi) is 5.68. The van der Waals surface area contributed by atoms with Crippen LogP contribution in [0.2, 0.25) is 0 Å². The highest BCUT2D eigenvalue weighted by Gasteiger charge is 2.37. The van der Waals surface area contributed by atoms with E-state index >= 15 is 0 Å². The van der Waals surface area contributed by atoms with Gasteiger partial charge in [-0.25, -0.2) is 9.59 Å². The molecule has 0 spiro atoms. The SMILES string of the molecule is N#Cc1ccccc1N(Cc1ccc(C(=O)O)cc1)C(=O)O[C@H]1CN2CCC1CC2. The average Bonchev–Trinajstić information content (AvgIpc) is 2.78. The van der Waals surface area contributed by atoms with Gasteiger partial charge in [0.2, 0.25) is 0 Å². The number of carbonyl (C=O) groups excluding carboxylic acids is 1. The minimum Gasteiger partial charge on any atom is -0.478 e. The zero-order chi connectivity index (χ0) is 21.1. The summed E-state index contributed by atoms with van der Waals surface area (Å²) in [6, 6.07) is 15.4. The summed E-state index contributed by atoms with van der Waals surface area (Å²) in [6.45, 7) is 3.03. The predicted octanol–water partition coefficient (Wildman–Crippen LogP) is 3.49. The van der Waals surface area contributed by atoms with Gasteiger partial charge in [-0.2, -0.15) is 5.26 Å². The molecule has 0 saturated carbocycles. The average molecular weight is 405 g/mol. The van der Waals surface area contributed by atoms with Crippen molar-refractivity contribution in [3.63, 3.8) is 0 Å². The van der Waals surface area contributed by atoms with Gasteiger partial charge in [-0.15, -0.1) is 0 Å². The normalized spacial score (nSPS) is 22.2. The fourth-order valence-electron chi connectivity index (χ4n) is 4.22. The topological polar surface area (TPSA) is 93.9 Å². The third-order valence-electron chi connectivity index (χ3n) is 5.93. The molecule has 3 heterocycles. The van der Waals surface area contributed by atoms with Gasteiger partial charge < -0.3 is 9.84 Å². The van der Waals surface area contributed by atoms with Crippen LogP contribution in [0.4, 0.5) is 10.5 Å². The van der Waals surface area contributed by atoms with Crippen LogP contribution in [-0.2, 0) is 11.3 Å². The van der Waals surface area contributed by atoms with Crippen LogP contribution < -0.4 is 4.90 Å². The molecule has 3 aliphatic heterocycles. The number of carboxylic acids is 1. The largest absolute Gasteiger partial charge is 0.478 e. The molecule has 2 aromatic rings. The van der Waals surface area contributed by atoms with E-state index in [0.29, 0.717) is 17.2 Å². The molecule has 0 aliphatic carbocycles. The first-order chi connectivity index (χ1) is 14.5. The van der Waals surface area contributed by atoms with Gasteiger partial charge in [-0.3, -0.25) is 9.80 Å². The molecule has 3 aliphatic rings. The number of piperidine rings is 3. The number of para-hydroxylation sites is 1. The van der Waals surface area contributed by atoms with Crippen LogP contribution in [-0.4, -0.2) is 47.8 Å². The van der Waals surface area contributed by atoms with Gasteiger partial charge >= 0.3 is 12.1 Å². The summed E-state index contributed by atoms with van der Waals surface area (Å²) in [4.78, 5) is 28.1. The molecule has 2 bridgehead atoms. The van der Waals surface area contributed by atoms with E-state index in [1.165, 1.54) is 17.0 Å². The molecule has 30 heavy (non-hydrogen) atoms. The van der Waals surface area contributed by atoms with E-state index in [2.05, 4.69) is 11.0 Å². The Hall–Kier alpha value is -3.37. The lowest BCUT2D eigenvalue weighted by molar-refractivity contribution is -0.0311. The van der Waals surface area contributed by atoms with E-state index in [1.807, 2.05) is 0 Å². The van der Waals surface area contributed by atoms with Crippen molar-refractivity contribution in [3.8, 4) is 6.07 Å². The van der Waals surface area contributed by atoms with Crippen molar-refractivity contribution in [2.45, 2.75) is 25.5 Å². The standard InChI is InChI=1S/C23H23N3O4/c24-13-19-3-1-2-4-20(19)26(14-16-5-7-18(8-6-16)22(27)28)23(29)30-21-15-25-11-9-17(21)10-12-25/h1-8,17,21H,9-12,14-15H2,(H,27,28)/t21-/m0/s1. The summed E-state index contributed by atoms with van der Waals surface area (Å²) >= 11 is 0. The van der Waals surface area contributed by atoms with Gasteiger partial charge in [0.15, 0.2) is 0 Å². The molecule has 154 valence electrons. The van der Waals surface area contributed by atoms with Crippen LogP contribution in [0.25, 0.3) is 0 Å². The van der Waals surface area contributed by atoms with Crippen molar-refractivity contribution >= 4 is 17.7 Å². The molecule has 5 rings (SSSR count). The molecule has 0 unspecified atom stereocenters. The summed E-state index contributed by atoms with van der Waals surface area (Å²) in [5.74, 6) is -0.628. The molecular formula is C23H23N3O4. The number of anilines is 1. The van der Waals surface area contributed by atoms with Gasteiger partial charge in [0.05, 0.1) is 23.4 Å². The lowest BCUT2D eigenvalue weighted by Gasteiger charge is -2.44. The van der Waals surface area contributed by atoms with Crippen molar-refractivity contribution < 1.29 is 19.4 Å².